The molecule has 6 heteroatoms. The van der Waals surface area contributed by atoms with Crippen molar-refractivity contribution < 1.29 is 13.9 Å². The molecule has 3 rings (SSSR count). The highest BCUT2D eigenvalue weighted by Gasteiger charge is 2.18. The summed E-state index contributed by atoms with van der Waals surface area (Å²) in [4.78, 5) is 2.21. The zero-order chi connectivity index (χ0) is 14.8. The van der Waals surface area contributed by atoms with Gasteiger partial charge < -0.3 is 5.11 Å². The molecule has 0 unspecified atom stereocenters. The Morgan fingerprint density at radius 2 is 1.95 bits per heavy atom. The van der Waals surface area contributed by atoms with Crippen LogP contribution in [0.15, 0.2) is 30.5 Å². The van der Waals surface area contributed by atoms with Crippen molar-refractivity contribution in [2.24, 2.45) is 0 Å². The van der Waals surface area contributed by atoms with Gasteiger partial charge in [-0.05, 0) is 31.0 Å². The molecule has 0 amide bonds. The van der Waals surface area contributed by atoms with E-state index in [0.717, 1.165) is 37.7 Å². The van der Waals surface area contributed by atoms with Crippen LogP contribution >= 0.6 is 0 Å². The molecule has 1 N–H and O–H groups in total. The van der Waals surface area contributed by atoms with E-state index in [9.17, 15) is 13.9 Å². The molecule has 0 spiro atoms. The van der Waals surface area contributed by atoms with Gasteiger partial charge in [-0.25, -0.2) is 13.5 Å². The Morgan fingerprint density at radius 1 is 1.19 bits per heavy atom. The Kier molecular flexibility index (Phi) is 3.98. The third-order valence-electron chi connectivity index (χ3n) is 3.74. The monoisotopic (exact) mass is 293 g/mol. The van der Waals surface area contributed by atoms with E-state index < -0.39 is 11.6 Å². The molecule has 0 aliphatic carbocycles. The van der Waals surface area contributed by atoms with Crippen LogP contribution in [0.5, 0.6) is 0 Å². The zero-order valence-corrected chi connectivity index (χ0v) is 11.5. The summed E-state index contributed by atoms with van der Waals surface area (Å²) in [7, 11) is 0. The molecular weight excluding hydrogens is 276 g/mol. The first-order valence-electron chi connectivity index (χ1n) is 7.02. The van der Waals surface area contributed by atoms with E-state index in [-0.39, 0.29) is 11.8 Å². The second-order valence-electron chi connectivity index (χ2n) is 5.35. The maximum Gasteiger partial charge on any atom is 0.151 e. The lowest BCUT2D eigenvalue weighted by molar-refractivity contribution is 0.0786. The van der Waals surface area contributed by atoms with Gasteiger partial charge in [0.05, 0.1) is 11.8 Å². The van der Waals surface area contributed by atoms with Crippen LogP contribution in [0.1, 0.15) is 18.5 Å². The summed E-state index contributed by atoms with van der Waals surface area (Å²) >= 11 is 0. The number of aromatic nitrogens is 2. The van der Waals surface area contributed by atoms with Crippen LogP contribution in [-0.4, -0.2) is 39.0 Å². The Labute approximate surface area is 121 Å². The molecule has 0 atom stereocenters. The van der Waals surface area contributed by atoms with Gasteiger partial charge in [0.15, 0.2) is 5.82 Å². The number of nitrogens with zero attached hydrogens (tertiary/aromatic N) is 3. The Morgan fingerprint density at radius 3 is 2.67 bits per heavy atom. The fourth-order valence-corrected chi connectivity index (χ4v) is 2.55. The van der Waals surface area contributed by atoms with Crippen molar-refractivity contribution in [1.82, 2.24) is 14.7 Å². The van der Waals surface area contributed by atoms with Gasteiger partial charge in [0, 0.05) is 31.9 Å². The van der Waals surface area contributed by atoms with E-state index in [1.54, 1.807) is 6.20 Å². The van der Waals surface area contributed by atoms with Gasteiger partial charge in [-0.3, -0.25) is 4.90 Å². The molecule has 1 aliphatic heterocycles. The SMILES string of the molecule is OC1CCN(Cc2ccn(-c3ccc(F)cc3F)n2)CC1. The van der Waals surface area contributed by atoms with Gasteiger partial charge in [0.1, 0.15) is 11.5 Å². The molecule has 1 aromatic heterocycles. The molecule has 1 fully saturated rings. The summed E-state index contributed by atoms with van der Waals surface area (Å²) in [6.07, 6.45) is 3.01. The van der Waals surface area contributed by atoms with Crippen LogP contribution in [-0.2, 0) is 6.54 Å². The van der Waals surface area contributed by atoms with Crippen molar-refractivity contribution >= 4 is 0 Å². The van der Waals surface area contributed by atoms with Crippen molar-refractivity contribution in [3.63, 3.8) is 0 Å². The van der Waals surface area contributed by atoms with Crippen molar-refractivity contribution in [1.29, 1.82) is 0 Å². The van der Waals surface area contributed by atoms with Crippen LogP contribution in [0.25, 0.3) is 5.69 Å². The molecule has 21 heavy (non-hydrogen) atoms. The average Bonchev–Trinajstić information content (AvgIpc) is 2.90. The second-order valence-corrected chi connectivity index (χ2v) is 5.35. The van der Waals surface area contributed by atoms with E-state index in [4.69, 9.17) is 0 Å². The van der Waals surface area contributed by atoms with Gasteiger partial charge >= 0.3 is 0 Å². The highest BCUT2D eigenvalue weighted by atomic mass is 19.1. The van der Waals surface area contributed by atoms with Crippen LogP contribution in [0.2, 0.25) is 0 Å². The second kappa shape index (κ2) is 5.91. The first-order valence-corrected chi connectivity index (χ1v) is 7.02. The summed E-state index contributed by atoms with van der Waals surface area (Å²) in [5, 5.41) is 13.8. The lowest BCUT2D eigenvalue weighted by Gasteiger charge is -2.28. The number of rotatable bonds is 3. The summed E-state index contributed by atoms with van der Waals surface area (Å²) in [6, 6.07) is 5.26. The highest BCUT2D eigenvalue weighted by molar-refractivity contribution is 5.33. The predicted octanol–water partition coefficient (Wildman–Crippen LogP) is 2.11. The first-order chi connectivity index (χ1) is 10.1. The number of hydrogen-bond donors (Lipinski definition) is 1. The molecule has 0 bridgehead atoms. The van der Waals surface area contributed by atoms with E-state index >= 15 is 0 Å². The molecule has 1 aromatic carbocycles. The van der Waals surface area contributed by atoms with E-state index in [1.165, 1.54) is 16.8 Å². The first kappa shape index (κ1) is 14.2. The smallest absolute Gasteiger partial charge is 0.151 e. The van der Waals surface area contributed by atoms with Gasteiger partial charge in [0.25, 0.3) is 0 Å². The van der Waals surface area contributed by atoms with Gasteiger partial charge in [0.2, 0.25) is 0 Å². The Bertz CT molecular complexity index is 621. The number of aliphatic hydroxyl groups excluding tert-OH is 1. The Balaban J connectivity index is 1.71. The maximum atomic E-state index is 13.7. The summed E-state index contributed by atoms with van der Waals surface area (Å²) in [5.74, 6) is -1.23. The van der Waals surface area contributed by atoms with Gasteiger partial charge in [-0.1, -0.05) is 0 Å². The number of likely N-dealkylation sites (tertiary alicyclic amines) is 1. The third-order valence-corrected chi connectivity index (χ3v) is 3.74. The molecule has 4 nitrogen and oxygen atoms in total. The fraction of sp³-hybridized carbons (Fsp3) is 0.400. The highest BCUT2D eigenvalue weighted by Crippen LogP contribution is 2.16. The zero-order valence-electron chi connectivity index (χ0n) is 11.5. The molecule has 0 saturated carbocycles. The molecule has 112 valence electrons. The minimum absolute atomic E-state index is 0.202. The molecule has 1 saturated heterocycles. The van der Waals surface area contributed by atoms with E-state index in [1.807, 2.05) is 6.07 Å². The summed E-state index contributed by atoms with van der Waals surface area (Å²) in [5.41, 5.74) is 1.06. The summed E-state index contributed by atoms with van der Waals surface area (Å²) in [6.45, 7) is 2.33. The van der Waals surface area contributed by atoms with Crippen molar-refractivity contribution in [3.8, 4) is 5.69 Å². The van der Waals surface area contributed by atoms with Crippen molar-refractivity contribution in [2.75, 3.05) is 13.1 Å². The van der Waals surface area contributed by atoms with Crippen LogP contribution in [0, 0.1) is 11.6 Å². The topological polar surface area (TPSA) is 41.3 Å². The number of halogens is 2. The van der Waals surface area contributed by atoms with Crippen LogP contribution < -0.4 is 0 Å². The number of hydrogen-bond acceptors (Lipinski definition) is 3. The van der Waals surface area contributed by atoms with Crippen LogP contribution in [0.3, 0.4) is 0 Å². The minimum Gasteiger partial charge on any atom is -0.393 e. The molecule has 2 heterocycles. The fourth-order valence-electron chi connectivity index (χ4n) is 2.55. The normalized spacial score (nSPS) is 17.3. The lowest BCUT2D eigenvalue weighted by atomic mass is 10.1. The largest absolute Gasteiger partial charge is 0.393 e. The number of aliphatic hydroxyl groups is 1. The number of piperidine rings is 1. The molecule has 0 radical (unpaired) electrons. The van der Waals surface area contributed by atoms with Gasteiger partial charge in [-0.2, -0.15) is 5.10 Å². The minimum atomic E-state index is -0.634. The lowest BCUT2D eigenvalue weighted by Crippen LogP contribution is -2.35. The van der Waals surface area contributed by atoms with E-state index in [2.05, 4.69) is 10.00 Å². The third kappa shape index (κ3) is 3.28. The van der Waals surface area contributed by atoms with Crippen molar-refractivity contribution in [3.05, 3.63) is 47.8 Å². The predicted molar refractivity (Wildman–Crippen MR) is 74.0 cm³/mol. The molecule has 2 aromatic rings. The van der Waals surface area contributed by atoms with Gasteiger partial charge in [-0.15, -0.1) is 0 Å². The average molecular weight is 293 g/mol. The van der Waals surface area contributed by atoms with E-state index in [0.29, 0.717) is 6.54 Å². The molecular formula is C15H17F2N3O. The maximum absolute atomic E-state index is 13.7. The standard InChI is InChI=1S/C15H17F2N3O/c16-11-1-2-15(14(17)9-11)20-8-3-12(18-20)10-19-6-4-13(21)5-7-19/h1-3,8-9,13,21H,4-7,10H2. The van der Waals surface area contributed by atoms with Crippen LogP contribution in [0.4, 0.5) is 8.78 Å². The number of benzene rings is 1. The summed E-state index contributed by atoms with van der Waals surface area (Å²) < 4.78 is 28.0. The quantitative estimate of drug-likeness (QED) is 0.942. The molecule has 1 aliphatic rings. The van der Waals surface area contributed by atoms with Crippen molar-refractivity contribution in [2.45, 2.75) is 25.5 Å². The Hall–Kier alpha value is -1.79.